The van der Waals surface area contributed by atoms with Gasteiger partial charge >= 0.3 is 0 Å². The summed E-state index contributed by atoms with van der Waals surface area (Å²) >= 11 is 0. The second-order valence-corrected chi connectivity index (χ2v) is 8.91. The molecule has 2 saturated heterocycles. The van der Waals surface area contributed by atoms with Gasteiger partial charge in [-0.2, -0.15) is 0 Å². The summed E-state index contributed by atoms with van der Waals surface area (Å²) in [4.78, 5) is 5.36. The Hall–Kier alpha value is -1.07. The SMILES string of the molecule is Cc1cc(C)c(S(=O)(=O)NC[C@H]2O[C@@H](C)[C@@H](O)[C@H]3OC[C@@]32ON)c(C)c1. The van der Waals surface area contributed by atoms with Crippen molar-refractivity contribution in [3.05, 3.63) is 28.8 Å². The van der Waals surface area contributed by atoms with Crippen molar-refractivity contribution in [3.8, 4) is 0 Å². The van der Waals surface area contributed by atoms with Gasteiger partial charge in [0.05, 0.1) is 17.6 Å². The normalized spacial score (nSPS) is 34.2. The monoisotopic (exact) mass is 386 g/mol. The van der Waals surface area contributed by atoms with Gasteiger partial charge in [-0.1, -0.05) is 17.7 Å². The summed E-state index contributed by atoms with van der Waals surface area (Å²) in [6.45, 7) is 7.25. The molecule has 2 fully saturated rings. The maximum Gasteiger partial charge on any atom is 0.241 e. The molecule has 4 N–H and O–H groups in total. The first-order valence-corrected chi connectivity index (χ1v) is 10.0. The van der Waals surface area contributed by atoms with Crippen molar-refractivity contribution in [2.45, 2.75) is 62.6 Å². The molecule has 0 spiro atoms. The van der Waals surface area contributed by atoms with Gasteiger partial charge in [-0.25, -0.2) is 19.0 Å². The smallest absolute Gasteiger partial charge is 0.241 e. The third kappa shape index (κ3) is 3.07. The Morgan fingerprint density at radius 3 is 2.46 bits per heavy atom. The number of aliphatic hydroxyl groups excluding tert-OH is 1. The highest BCUT2D eigenvalue weighted by Crippen LogP contribution is 2.41. The van der Waals surface area contributed by atoms with Gasteiger partial charge in [-0.3, -0.25) is 4.84 Å². The number of nitrogens with two attached hydrogens (primary N) is 1. The van der Waals surface area contributed by atoms with Crippen LogP contribution in [0.4, 0.5) is 0 Å². The van der Waals surface area contributed by atoms with Crippen LogP contribution in [0.15, 0.2) is 17.0 Å². The zero-order chi connectivity index (χ0) is 19.3. The van der Waals surface area contributed by atoms with E-state index < -0.39 is 40.0 Å². The number of rotatable bonds is 5. The van der Waals surface area contributed by atoms with Crippen molar-refractivity contribution in [2.24, 2.45) is 5.90 Å². The van der Waals surface area contributed by atoms with Gasteiger partial charge < -0.3 is 14.6 Å². The van der Waals surface area contributed by atoms with Gasteiger partial charge in [0.1, 0.15) is 18.3 Å². The second-order valence-electron chi connectivity index (χ2n) is 7.20. The molecule has 2 aliphatic rings. The average molecular weight is 386 g/mol. The molecule has 0 saturated carbocycles. The molecule has 146 valence electrons. The van der Waals surface area contributed by atoms with E-state index in [4.69, 9.17) is 20.2 Å². The third-order valence-corrected chi connectivity index (χ3v) is 6.96. The fourth-order valence-corrected chi connectivity index (χ4v) is 5.44. The number of ether oxygens (including phenoxy) is 2. The van der Waals surface area contributed by atoms with Crippen molar-refractivity contribution in [1.29, 1.82) is 0 Å². The van der Waals surface area contributed by atoms with Crippen molar-refractivity contribution in [3.63, 3.8) is 0 Å². The average Bonchev–Trinajstić information content (AvgIpc) is 2.49. The molecular weight excluding hydrogens is 360 g/mol. The number of hydrogen-bond donors (Lipinski definition) is 3. The maximum atomic E-state index is 12.9. The van der Waals surface area contributed by atoms with Crippen LogP contribution in [0.5, 0.6) is 0 Å². The van der Waals surface area contributed by atoms with Gasteiger partial charge in [0.25, 0.3) is 0 Å². The highest BCUT2D eigenvalue weighted by Gasteiger charge is 2.63. The van der Waals surface area contributed by atoms with E-state index in [1.807, 2.05) is 19.1 Å². The maximum absolute atomic E-state index is 12.9. The van der Waals surface area contributed by atoms with E-state index in [1.165, 1.54) is 0 Å². The first-order valence-electron chi connectivity index (χ1n) is 8.53. The Bertz CT molecular complexity index is 771. The predicted octanol–water partition coefficient (Wildman–Crippen LogP) is 0.0663. The van der Waals surface area contributed by atoms with E-state index in [1.54, 1.807) is 20.8 Å². The van der Waals surface area contributed by atoms with Gasteiger partial charge in [-0.05, 0) is 38.8 Å². The molecular formula is C17H26N2O6S. The van der Waals surface area contributed by atoms with Crippen LogP contribution in [-0.2, 0) is 24.3 Å². The summed E-state index contributed by atoms with van der Waals surface area (Å²) in [5.74, 6) is 5.44. The van der Waals surface area contributed by atoms with Crippen LogP contribution in [0.2, 0.25) is 0 Å². The topological polar surface area (TPSA) is 120 Å². The summed E-state index contributed by atoms with van der Waals surface area (Å²) in [6.07, 6.45) is -2.73. The molecule has 8 nitrogen and oxygen atoms in total. The lowest BCUT2D eigenvalue weighted by Gasteiger charge is -2.57. The molecule has 1 aromatic carbocycles. The largest absolute Gasteiger partial charge is 0.388 e. The predicted molar refractivity (Wildman–Crippen MR) is 93.9 cm³/mol. The van der Waals surface area contributed by atoms with Crippen LogP contribution >= 0.6 is 0 Å². The highest BCUT2D eigenvalue weighted by atomic mass is 32.2. The Balaban J connectivity index is 1.82. The summed E-state index contributed by atoms with van der Waals surface area (Å²) in [6, 6.07) is 3.66. The number of benzene rings is 1. The van der Waals surface area contributed by atoms with Crippen LogP contribution < -0.4 is 10.6 Å². The summed E-state index contributed by atoms with van der Waals surface area (Å²) in [5, 5.41) is 10.2. The van der Waals surface area contributed by atoms with Crippen LogP contribution in [0.25, 0.3) is 0 Å². The van der Waals surface area contributed by atoms with E-state index in [-0.39, 0.29) is 18.0 Å². The number of aliphatic hydroxyl groups is 1. The number of sulfonamides is 1. The fraction of sp³-hybridized carbons (Fsp3) is 0.647. The number of nitrogens with one attached hydrogen (secondary N) is 1. The number of fused-ring (bicyclic) bond motifs is 1. The summed E-state index contributed by atoms with van der Waals surface area (Å²) < 4.78 is 39.5. The van der Waals surface area contributed by atoms with Crippen LogP contribution in [0.3, 0.4) is 0 Å². The molecule has 0 amide bonds. The minimum Gasteiger partial charge on any atom is -0.388 e. The first-order chi connectivity index (χ1) is 12.1. The summed E-state index contributed by atoms with van der Waals surface area (Å²) in [5.41, 5.74) is 1.30. The molecule has 0 aromatic heterocycles. The Morgan fingerprint density at radius 1 is 1.35 bits per heavy atom. The minimum absolute atomic E-state index is 0.0385. The molecule has 5 atom stereocenters. The van der Waals surface area contributed by atoms with E-state index >= 15 is 0 Å². The molecule has 0 radical (unpaired) electrons. The molecule has 2 heterocycles. The van der Waals surface area contributed by atoms with Crippen LogP contribution in [0.1, 0.15) is 23.6 Å². The Labute approximate surface area is 153 Å². The highest BCUT2D eigenvalue weighted by molar-refractivity contribution is 7.89. The second kappa shape index (κ2) is 6.83. The lowest BCUT2D eigenvalue weighted by atomic mass is 9.79. The standard InChI is InChI=1S/C17H26N2O6S/c1-9-5-10(2)15(11(3)6-9)26(21,22)19-7-13-17(25-18)8-23-16(17)14(20)12(4)24-13/h5-6,12-14,16,19-20H,7-8,18H2,1-4H3/t12-,13+,14+,16+,17-/m0/s1. The van der Waals surface area contributed by atoms with Gasteiger partial charge in [0, 0.05) is 6.54 Å². The fourth-order valence-electron chi connectivity index (χ4n) is 3.95. The zero-order valence-corrected chi connectivity index (χ0v) is 16.2. The molecule has 0 unspecified atom stereocenters. The molecule has 26 heavy (non-hydrogen) atoms. The van der Waals surface area contributed by atoms with Crippen LogP contribution in [0, 0.1) is 20.8 Å². The van der Waals surface area contributed by atoms with E-state index in [0.29, 0.717) is 11.1 Å². The quantitative estimate of drug-likeness (QED) is 0.612. The Kier molecular flexibility index (Phi) is 5.17. The van der Waals surface area contributed by atoms with E-state index in [0.717, 1.165) is 5.56 Å². The lowest BCUT2D eigenvalue weighted by Crippen LogP contribution is -2.77. The molecule has 1 aromatic rings. The Morgan fingerprint density at radius 2 is 1.96 bits per heavy atom. The zero-order valence-electron chi connectivity index (χ0n) is 15.4. The van der Waals surface area contributed by atoms with Crippen molar-refractivity contribution in [1.82, 2.24) is 4.72 Å². The lowest BCUT2D eigenvalue weighted by molar-refractivity contribution is -0.367. The van der Waals surface area contributed by atoms with Crippen molar-refractivity contribution in [2.75, 3.05) is 13.2 Å². The van der Waals surface area contributed by atoms with E-state index in [2.05, 4.69) is 4.72 Å². The molecule has 3 rings (SSSR count). The van der Waals surface area contributed by atoms with Crippen molar-refractivity contribution >= 4 is 10.0 Å². The van der Waals surface area contributed by atoms with Gasteiger partial charge in [0.2, 0.25) is 10.0 Å². The van der Waals surface area contributed by atoms with E-state index in [9.17, 15) is 13.5 Å². The third-order valence-electron chi connectivity index (χ3n) is 5.24. The number of hydrogen-bond acceptors (Lipinski definition) is 7. The van der Waals surface area contributed by atoms with Gasteiger partial charge in [0.15, 0.2) is 5.60 Å². The molecule has 0 bridgehead atoms. The minimum atomic E-state index is -3.75. The molecule has 9 heteroatoms. The van der Waals surface area contributed by atoms with Crippen molar-refractivity contribution < 1.29 is 27.8 Å². The first kappa shape index (κ1) is 19.7. The molecule has 0 aliphatic carbocycles. The van der Waals surface area contributed by atoms with Crippen LogP contribution in [-0.4, -0.2) is 56.7 Å². The van der Waals surface area contributed by atoms with Gasteiger partial charge in [-0.15, -0.1) is 0 Å². The summed E-state index contributed by atoms with van der Waals surface area (Å²) in [7, 11) is -3.75. The molecule has 2 aliphatic heterocycles. The number of aryl methyl sites for hydroxylation is 3.